The third-order valence-corrected chi connectivity index (χ3v) is 5.40. The van der Waals surface area contributed by atoms with E-state index in [1.807, 2.05) is 37.3 Å². The van der Waals surface area contributed by atoms with Crippen molar-refractivity contribution < 1.29 is 8.42 Å². The molecular weight excluding hydrogens is 228 g/mol. The van der Waals surface area contributed by atoms with Gasteiger partial charge in [0, 0.05) is 4.91 Å². The van der Waals surface area contributed by atoms with Crippen LogP contribution in [0.3, 0.4) is 0 Å². The van der Waals surface area contributed by atoms with Gasteiger partial charge in [0.15, 0.2) is 0 Å². The first-order valence-electron chi connectivity index (χ1n) is 4.47. The summed E-state index contributed by atoms with van der Waals surface area (Å²) < 4.78 is 21.9. The van der Waals surface area contributed by atoms with Crippen LogP contribution < -0.4 is 0 Å². The Balaban J connectivity index is 2.51. The van der Waals surface area contributed by atoms with E-state index in [9.17, 15) is 8.42 Å². The second-order valence-corrected chi connectivity index (χ2v) is 6.84. The molecule has 0 bridgehead atoms. The first kappa shape index (κ1) is 10.4. The molecule has 2 rings (SSSR count). The number of allylic oxidation sites excluding steroid dienone is 2. The Kier molecular flexibility index (Phi) is 2.88. The van der Waals surface area contributed by atoms with Crippen molar-refractivity contribution >= 4 is 23.6 Å². The summed E-state index contributed by atoms with van der Waals surface area (Å²) in [5.41, 5.74) is 2.16. The summed E-state index contributed by atoms with van der Waals surface area (Å²) in [5, 5.41) is 1.72. The molecule has 2 nitrogen and oxygen atoms in total. The third-order valence-electron chi connectivity index (χ3n) is 2.15. The normalized spacial score (nSPS) is 19.0. The summed E-state index contributed by atoms with van der Waals surface area (Å²) in [6.45, 7) is 2.01. The molecule has 1 aromatic carbocycles. The lowest BCUT2D eigenvalue weighted by atomic mass is 10.1. The lowest BCUT2D eigenvalue weighted by Crippen LogP contribution is -1.88. The molecule has 0 fully saturated rings. The molecule has 0 amide bonds. The number of hydrogen-bond donors (Lipinski definition) is 0. The Hall–Kier alpha value is -1.13. The van der Waals surface area contributed by atoms with Crippen molar-refractivity contribution in [3.05, 3.63) is 53.0 Å². The minimum atomic E-state index is -2.05. The zero-order valence-corrected chi connectivity index (χ0v) is 9.81. The molecular formula is C11H10O2S2. The smallest absolute Gasteiger partial charge is 0.177 e. The summed E-state index contributed by atoms with van der Waals surface area (Å²) in [6, 6.07) is 7.90. The van der Waals surface area contributed by atoms with E-state index in [1.54, 1.807) is 11.5 Å². The van der Waals surface area contributed by atoms with Crippen molar-refractivity contribution in [3.8, 4) is 0 Å². The van der Waals surface area contributed by atoms with Crippen LogP contribution >= 0.6 is 0 Å². The van der Waals surface area contributed by atoms with Crippen LogP contribution in [0.5, 0.6) is 0 Å². The second kappa shape index (κ2) is 4.16. The zero-order valence-electron chi connectivity index (χ0n) is 8.17. The summed E-state index contributed by atoms with van der Waals surface area (Å²) >= 11 is 0. The van der Waals surface area contributed by atoms with E-state index in [2.05, 4.69) is 0 Å². The predicted molar refractivity (Wildman–Crippen MR) is 64.6 cm³/mol. The molecule has 0 spiro atoms. The SMILES string of the molecule is Cc1ccc(C2=CC=CS2=S(=O)=O)cc1. The zero-order chi connectivity index (χ0) is 10.8. The molecule has 78 valence electrons. The van der Waals surface area contributed by atoms with Crippen molar-refractivity contribution in [2.45, 2.75) is 6.92 Å². The Labute approximate surface area is 92.1 Å². The van der Waals surface area contributed by atoms with Gasteiger partial charge in [-0.2, -0.15) is 8.42 Å². The maximum atomic E-state index is 11.0. The number of aryl methyl sites for hydroxylation is 1. The Morgan fingerprint density at radius 3 is 2.40 bits per heavy atom. The fourth-order valence-corrected chi connectivity index (χ4v) is 3.93. The van der Waals surface area contributed by atoms with Crippen molar-refractivity contribution in [2.75, 3.05) is 0 Å². The van der Waals surface area contributed by atoms with Gasteiger partial charge in [0.25, 0.3) is 0 Å². The quantitative estimate of drug-likeness (QED) is 0.752. The van der Waals surface area contributed by atoms with E-state index in [-0.39, 0.29) is 0 Å². The van der Waals surface area contributed by atoms with Gasteiger partial charge in [-0.1, -0.05) is 35.9 Å². The molecule has 1 aromatic rings. The first-order valence-corrected chi connectivity index (χ1v) is 7.35. The predicted octanol–water partition coefficient (Wildman–Crippen LogP) is 2.28. The topological polar surface area (TPSA) is 34.1 Å². The first-order chi connectivity index (χ1) is 7.18. The van der Waals surface area contributed by atoms with Gasteiger partial charge < -0.3 is 0 Å². The molecule has 1 atom stereocenters. The van der Waals surface area contributed by atoms with Gasteiger partial charge in [-0.3, -0.25) is 0 Å². The number of benzene rings is 1. The molecule has 0 N–H and O–H groups in total. The highest BCUT2D eigenvalue weighted by molar-refractivity contribution is 8.40. The Bertz CT molecular complexity index is 568. The highest BCUT2D eigenvalue weighted by Gasteiger charge is 2.10. The van der Waals surface area contributed by atoms with Gasteiger partial charge in [0.1, 0.15) is 0 Å². The van der Waals surface area contributed by atoms with Gasteiger partial charge in [-0.15, -0.1) is 0 Å². The van der Waals surface area contributed by atoms with E-state index in [1.165, 1.54) is 5.56 Å². The van der Waals surface area contributed by atoms with Crippen LogP contribution in [0.1, 0.15) is 11.1 Å². The highest BCUT2D eigenvalue weighted by Crippen LogP contribution is 2.24. The van der Waals surface area contributed by atoms with Gasteiger partial charge >= 0.3 is 0 Å². The molecule has 0 saturated carbocycles. The fourth-order valence-electron chi connectivity index (χ4n) is 1.39. The molecule has 0 aromatic heterocycles. The molecule has 15 heavy (non-hydrogen) atoms. The van der Waals surface area contributed by atoms with Crippen molar-refractivity contribution in [1.82, 2.24) is 0 Å². The molecule has 1 aliphatic rings. The highest BCUT2D eigenvalue weighted by atomic mass is 32.9. The van der Waals surface area contributed by atoms with E-state index in [0.717, 1.165) is 10.5 Å². The fraction of sp³-hybridized carbons (Fsp3) is 0.0909. The van der Waals surface area contributed by atoms with E-state index in [0.29, 0.717) is 0 Å². The molecule has 0 radical (unpaired) electrons. The summed E-state index contributed by atoms with van der Waals surface area (Å²) in [6.07, 6.45) is 3.66. The molecule has 1 aliphatic heterocycles. The van der Waals surface area contributed by atoms with Crippen molar-refractivity contribution in [2.24, 2.45) is 0 Å². The monoisotopic (exact) mass is 238 g/mol. The molecule has 0 aliphatic carbocycles. The van der Waals surface area contributed by atoms with Gasteiger partial charge in [0.2, 0.25) is 9.26 Å². The molecule has 1 unspecified atom stereocenters. The van der Waals surface area contributed by atoms with Crippen molar-refractivity contribution in [3.63, 3.8) is 0 Å². The number of hydrogen-bond acceptors (Lipinski definition) is 2. The Morgan fingerprint density at radius 1 is 1.13 bits per heavy atom. The average molecular weight is 238 g/mol. The molecule has 0 saturated heterocycles. The second-order valence-electron chi connectivity index (χ2n) is 3.23. The minimum absolute atomic E-state index is 0.777. The minimum Gasteiger partial charge on any atom is -0.177 e. The maximum absolute atomic E-state index is 11.0. The van der Waals surface area contributed by atoms with Crippen LogP contribution in [0.2, 0.25) is 0 Å². The average Bonchev–Trinajstić information content (AvgIpc) is 2.67. The van der Waals surface area contributed by atoms with Crippen LogP contribution in [0.15, 0.2) is 41.8 Å². The van der Waals surface area contributed by atoms with Crippen LogP contribution in [-0.4, -0.2) is 8.42 Å². The summed E-state index contributed by atoms with van der Waals surface area (Å²) in [5.74, 6) is 0. The maximum Gasteiger partial charge on any atom is 0.249 e. The third kappa shape index (κ3) is 2.11. The summed E-state index contributed by atoms with van der Waals surface area (Å²) in [7, 11) is -2.83. The van der Waals surface area contributed by atoms with Crippen molar-refractivity contribution in [1.29, 1.82) is 0 Å². The standard InChI is InChI=1S/C11H10O2S2/c1-9-4-6-10(7-5-9)11-3-2-8-14(11)15(12)13/h2-8H,1H3. The molecule has 4 heteroatoms. The van der Waals surface area contributed by atoms with E-state index >= 15 is 0 Å². The van der Waals surface area contributed by atoms with Gasteiger partial charge in [-0.05, 0) is 33.4 Å². The van der Waals surface area contributed by atoms with Crippen LogP contribution in [0.25, 0.3) is 4.91 Å². The summed E-state index contributed by atoms with van der Waals surface area (Å²) in [4.78, 5) is 0.878. The number of rotatable bonds is 1. The van der Waals surface area contributed by atoms with Crippen LogP contribution in [-0.2, 0) is 18.7 Å². The molecule has 1 heterocycles. The van der Waals surface area contributed by atoms with Crippen LogP contribution in [0.4, 0.5) is 0 Å². The van der Waals surface area contributed by atoms with Gasteiger partial charge in [0.05, 0.1) is 0 Å². The van der Waals surface area contributed by atoms with Gasteiger partial charge in [-0.25, -0.2) is 0 Å². The lowest BCUT2D eigenvalue weighted by Gasteiger charge is -2.02. The van der Waals surface area contributed by atoms with E-state index < -0.39 is 18.7 Å². The largest absolute Gasteiger partial charge is 0.249 e. The Morgan fingerprint density at radius 2 is 1.80 bits per heavy atom. The van der Waals surface area contributed by atoms with Crippen LogP contribution in [0, 0.1) is 6.92 Å². The van der Waals surface area contributed by atoms with E-state index in [4.69, 9.17) is 0 Å². The lowest BCUT2D eigenvalue weighted by molar-refractivity contribution is 0.628.